The zero-order valence-electron chi connectivity index (χ0n) is 15.8. The van der Waals surface area contributed by atoms with Gasteiger partial charge in [-0.3, -0.25) is 9.69 Å². The van der Waals surface area contributed by atoms with E-state index in [0.29, 0.717) is 17.8 Å². The van der Waals surface area contributed by atoms with Crippen LogP contribution < -0.4 is 0 Å². The molecule has 3 saturated heterocycles. The van der Waals surface area contributed by atoms with E-state index in [1.807, 2.05) is 5.38 Å². The molecular weight excluding hydrogens is 411 g/mol. The minimum Gasteiger partial charge on any atom is -0.475 e. The third-order valence-corrected chi connectivity index (χ3v) is 6.27. The lowest BCUT2D eigenvalue weighted by atomic mass is 9.99. The van der Waals surface area contributed by atoms with Crippen molar-refractivity contribution in [2.75, 3.05) is 32.8 Å². The van der Waals surface area contributed by atoms with Gasteiger partial charge in [-0.05, 0) is 31.6 Å². The molecule has 2 atom stereocenters. The fourth-order valence-corrected chi connectivity index (χ4v) is 4.81. The van der Waals surface area contributed by atoms with Gasteiger partial charge in [0.15, 0.2) is 0 Å². The average Bonchev–Trinajstić information content (AvgIpc) is 3.41. The first-order valence-electron chi connectivity index (χ1n) is 9.58. The highest BCUT2D eigenvalue weighted by Gasteiger charge is 2.45. The minimum atomic E-state index is -5.08. The van der Waals surface area contributed by atoms with Gasteiger partial charge in [0.2, 0.25) is 0 Å². The van der Waals surface area contributed by atoms with Crippen molar-refractivity contribution in [3.05, 3.63) is 16.6 Å². The molecule has 0 aliphatic carbocycles. The summed E-state index contributed by atoms with van der Waals surface area (Å²) < 4.78 is 37.2. The predicted octanol–water partition coefficient (Wildman–Crippen LogP) is 2.49. The summed E-state index contributed by atoms with van der Waals surface area (Å²) in [5.41, 5.74) is 2.36. The highest BCUT2D eigenvalue weighted by molar-refractivity contribution is 7.07. The van der Waals surface area contributed by atoms with E-state index >= 15 is 0 Å². The summed E-state index contributed by atoms with van der Waals surface area (Å²) in [7, 11) is 0. The molecule has 1 aromatic heterocycles. The Kier molecular flexibility index (Phi) is 7.12. The van der Waals surface area contributed by atoms with Crippen LogP contribution in [0.25, 0.3) is 0 Å². The number of rotatable bonds is 3. The number of fused-ring (bicyclic) bond motifs is 1. The molecule has 1 N–H and O–H groups in total. The molecule has 7 nitrogen and oxygen atoms in total. The molecule has 1 amide bonds. The van der Waals surface area contributed by atoms with Gasteiger partial charge in [-0.15, -0.1) is 11.3 Å². The fraction of sp³-hybridized carbons (Fsp3) is 0.722. The SMILES string of the molecule is O=C(O)C(F)(F)F.O=C(c1cscn1)N1CC[C@H]2[C@H]1CCN2CC1CCOCC1. The Hall–Kier alpha value is -1.72. The van der Waals surface area contributed by atoms with E-state index in [2.05, 4.69) is 14.8 Å². The number of amides is 1. The zero-order chi connectivity index (χ0) is 21.0. The molecule has 0 spiro atoms. The first kappa shape index (κ1) is 22.0. The van der Waals surface area contributed by atoms with Crippen molar-refractivity contribution in [1.82, 2.24) is 14.8 Å². The summed E-state index contributed by atoms with van der Waals surface area (Å²) in [6.45, 7) is 5.04. The smallest absolute Gasteiger partial charge is 0.475 e. The van der Waals surface area contributed by atoms with E-state index in [-0.39, 0.29) is 5.91 Å². The van der Waals surface area contributed by atoms with Gasteiger partial charge in [0.05, 0.1) is 5.51 Å². The molecule has 0 unspecified atom stereocenters. The van der Waals surface area contributed by atoms with Gasteiger partial charge in [0, 0.05) is 50.3 Å². The second-order valence-corrected chi connectivity index (χ2v) is 8.16. The number of aliphatic carboxylic acids is 1. The largest absolute Gasteiger partial charge is 0.490 e. The van der Waals surface area contributed by atoms with Crippen molar-refractivity contribution in [3.63, 3.8) is 0 Å². The van der Waals surface area contributed by atoms with E-state index in [1.165, 1.54) is 30.7 Å². The highest BCUT2D eigenvalue weighted by Crippen LogP contribution is 2.34. The number of carboxylic acid groups (broad SMARTS) is 1. The third-order valence-electron chi connectivity index (χ3n) is 5.68. The van der Waals surface area contributed by atoms with E-state index < -0.39 is 12.1 Å². The number of thiazole rings is 1. The Labute approximate surface area is 170 Å². The van der Waals surface area contributed by atoms with Crippen LogP contribution in [-0.2, 0) is 9.53 Å². The molecule has 0 aromatic carbocycles. The van der Waals surface area contributed by atoms with Gasteiger partial charge in [-0.1, -0.05) is 0 Å². The van der Waals surface area contributed by atoms with Gasteiger partial charge in [0.25, 0.3) is 5.91 Å². The predicted molar refractivity (Wildman–Crippen MR) is 98.8 cm³/mol. The molecule has 0 saturated carbocycles. The summed E-state index contributed by atoms with van der Waals surface area (Å²) in [5, 5.41) is 8.99. The summed E-state index contributed by atoms with van der Waals surface area (Å²) in [6, 6.07) is 0.958. The van der Waals surface area contributed by atoms with Crippen LogP contribution in [0.4, 0.5) is 13.2 Å². The minimum absolute atomic E-state index is 0.127. The monoisotopic (exact) mass is 435 g/mol. The van der Waals surface area contributed by atoms with Gasteiger partial charge in [-0.25, -0.2) is 9.78 Å². The number of aromatic nitrogens is 1. The van der Waals surface area contributed by atoms with Crippen LogP contribution in [-0.4, -0.2) is 82.9 Å². The number of carbonyl (C=O) groups is 2. The van der Waals surface area contributed by atoms with Crippen molar-refractivity contribution >= 4 is 23.2 Å². The van der Waals surface area contributed by atoms with Crippen molar-refractivity contribution in [3.8, 4) is 0 Å². The lowest BCUT2D eigenvalue weighted by Gasteiger charge is -2.30. The number of nitrogens with zero attached hydrogens (tertiary/aromatic N) is 3. The van der Waals surface area contributed by atoms with E-state index in [1.54, 1.807) is 5.51 Å². The molecule has 0 radical (unpaired) electrons. The molecule has 11 heteroatoms. The zero-order valence-corrected chi connectivity index (χ0v) is 16.6. The van der Waals surface area contributed by atoms with Gasteiger partial charge in [0.1, 0.15) is 5.69 Å². The molecule has 3 aliphatic heterocycles. The molecule has 29 heavy (non-hydrogen) atoms. The summed E-state index contributed by atoms with van der Waals surface area (Å²) in [4.78, 5) is 30.4. The second kappa shape index (κ2) is 9.40. The quantitative estimate of drug-likeness (QED) is 0.786. The lowest BCUT2D eigenvalue weighted by Crippen LogP contribution is -2.41. The van der Waals surface area contributed by atoms with Crippen LogP contribution >= 0.6 is 11.3 Å². The number of alkyl halides is 3. The Morgan fingerprint density at radius 2 is 1.83 bits per heavy atom. The van der Waals surface area contributed by atoms with Gasteiger partial charge >= 0.3 is 12.1 Å². The van der Waals surface area contributed by atoms with Crippen molar-refractivity contribution < 1.29 is 32.6 Å². The fourth-order valence-electron chi connectivity index (χ4n) is 4.28. The third kappa shape index (κ3) is 5.46. The van der Waals surface area contributed by atoms with Crippen LogP contribution in [0, 0.1) is 5.92 Å². The first-order chi connectivity index (χ1) is 13.8. The number of likely N-dealkylation sites (tertiary alicyclic amines) is 2. The average molecular weight is 435 g/mol. The van der Waals surface area contributed by atoms with E-state index in [4.69, 9.17) is 14.6 Å². The van der Waals surface area contributed by atoms with Crippen molar-refractivity contribution in [2.45, 2.75) is 43.9 Å². The van der Waals surface area contributed by atoms with Gasteiger partial charge < -0.3 is 14.7 Å². The van der Waals surface area contributed by atoms with E-state index in [9.17, 15) is 18.0 Å². The number of carbonyl (C=O) groups excluding carboxylic acids is 1. The van der Waals surface area contributed by atoms with Crippen molar-refractivity contribution in [1.29, 1.82) is 0 Å². The molecular formula is C18H24F3N3O4S. The van der Waals surface area contributed by atoms with Crippen LogP contribution in [0.5, 0.6) is 0 Å². The number of hydrogen-bond acceptors (Lipinski definition) is 6. The van der Waals surface area contributed by atoms with Crippen molar-refractivity contribution in [2.24, 2.45) is 5.92 Å². The Bertz CT molecular complexity index is 695. The molecule has 0 bridgehead atoms. The molecule has 1 aromatic rings. The lowest BCUT2D eigenvalue weighted by molar-refractivity contribution is -0.192. The molecule has 4 heterocycles. The maximum absolute atomic E-state index is 12.6. The Balaban J connectivity index is 0.000000298. The number of carboxylic acids is 1. The summed E-state index contributed by atoms with van der Waals surface area (Å²) >= 11 is 1.49. The van der Waals surface area contributed by atoms with Crippen LogP contribution in [0.1, 0.15) is 36.2 Å². The highest BCUT2D eigenvalue weighted by atomic mass is 32.1. The summed E-state index contributed by atoms with van der Waals surface area (Å²) in [6.07, 6.45) is -0.474. The molecule has 3 fully saturated rings. The maximum Gasteiger partial charge on any atom is 0.490 e. The number of halogens is 3. The number of ether oxygens (including phenoxy) is 1. The second-order valence-electron chi connectivity index (χ2n) is 7.44. The van der Waals surface area contributed by atoms with Crippen LogP contribution in [0.3, 0.4) is 0 Å². The Morgan fingerprint density at radius 3 is 2.41 bits per heavy atom. The summed E-state index contributed by atoms with van der Waals surface area (Å²) in [5.74, 6) is -1.86. The maximum atomic E-state index is 12.6. The topological polar surface area (TPSA) is 83.0 Å². The first-order valence-corrected chi connectivity index (χ1v) is 10.5. The number of hydrogen-bond donors (Lipinski definition) is 1. The van der Waals surface area contributed by atoms with Crippen LogP contribution in [0.2, 0.25) is 0 Å². The standard InChI is InChI=1S/C16H23N3O2S.C2HF3O2/c20-16(13-10-22-11-17-13)19-6-2-14-15(19)1-5-18(14)9-12-3-7-21-8-4-12;3-2(4,5)1(6)7/h10-12,14-15H,1-9H2;(H,6,7)/t14-,15+;/m0./s1. The molecule has 4 rings (SSSR count). The van der Waals surface area contributed by atoms with E-state index in [0.717, 1.165) is 45.1 Å². The normalized spacial score (nSPS) is 25.4. The van der Waals surface area contributed by atoms with Gasteiger partial charge in [-0.2, -0.15) is 13.2 Å². The molecule has 162 valence electrons. The van der Waals surface area contributed by atoms with Crippen LogP contribution in [0.15, 0.2) is 10.9 Å². The molecule has 3 aliphatic rings. The Morgan fingerprint density at radius 1 is 1.17 bits per heavy atom.